The van der Waals surface area contributed by atoms with Gasteiger partial charge >= 0.3 is 0 Å². The molecule has 0 radical (unpaired) electrons. The number of aryl methyl sites for hydroxylation is 1. The molecule has 9 heteroatoms. The van der Waals surface area contributed by atoms with Crippen molar-refractivity contribution >= 4 is 10.9 Å². The summed E-state index contributed by atoms with van der Waals surface area (Å²) < 4.78 is 8.10. The lowest BCUT2D eigenvalue weighted by Crippen LogP contribution is -2.39. The number of aromatic amines is 1. The van der Waals surface area contributed by atoms with Crippen molar-refractivity contribution < 1.29 is 4.74 Å². The smallest absolute Gasteiger partial charge is 0.253 e. The van der Waals surface area contributed by atoms with Crippen molar-refractivity contribution in [1.29, 1.82) is 0 Å². The third-order valence-electron chi connectivity index (χ3n) is 8.26. The first-order valence-electron chi connectivity index (χ1n) is 14.4. The van der Waals surface area contributed by atoms with Crippen LogP contribution in [0.15, 0.2) is 53.6 Å². The first-order valence-corrected chi connectivity index (χ1v) is 14.4. The maximum absolute atomic E-state index is 13.8. The molecular weight excluding hydrogens is 490 g/mol. The van der Waals surface area contributed by atoms with Crippen molar-refractivity contribution in [2.24, 2.45) is 0 Å². The number of hydrogen-bond donors (Lipinski definition) is 1. The van der Waals surface area contributed by atoms with E-state index in [0.717, 1.165) is 61.0 Å². The lowest BCUT2D eigenvalue weighted by Gasteiger charge is -2.34. The number of H-pyrrole nitrogens is 1. The van der Waals surface area contributed by atoms with Crippen molar-refractivity contribution in [3.63, 3.8) is 0 Å². The Morgan fingerprint density at radius 2 is 2.00 bits per heavy atom. The maximum atomic E-state index is 13.8. The molecule has 39 heavy (non-hydrogen) atoms. The molecule has 0 spiro atoms. The van der Waals surface area contributed by atoms with Gasteiger partial charge in [-0.2, -0.15) is 0 Å². The van der Waals surface area contributed by atoms with Gasteiger partial charge in [0, 0.05) is 43.2 Å². The van der Waals surface area contributed by atoms with Gasteiger partial charge in [0.25, 0.3) is 5.56 Å². The molecule has 1 saturated carbocycles. The Morgan fingerprint density at radius 1 is 1.10 bits per heavy atom. The van der Waals surface area contributed by atoms with Gasteiger partial charge in [-0.15, -0.1) is 5.10 Å². The summed E-state index contributed by atoms with van der Waals surface area (Å²) in [6.07, 6.45) is 12.4. The van der Waals surface area contributed by atoms with Crippen LogP contribution in [-0.2, 0) is 17.7 Å². The average molecular weight is 528 g/mol. The predicted octanol–water partition coefficient (Wildman–Crippen LogP) is 4.75. The van der Waals surface area contributed by atoms with Gasteiger partial charge in [-0.05, 0) is 83.3 Å². The second-order valence-electron chi connectivity index (χ2n) is 10.9. The molecule has 4 heterocycles. The van der Waals surface area contributed by atoms with Gasteiger partial charge < -0.3 is 9.72 Å². The van der Waals surface area contributed by atoms with Gasteiger partial charge in [0.1, 0.15) is 6.04 Å². The summed E-state index contributed by atoms with van der Waals surface area (Å²) in [5, 5.41) is 14.3. The highest BCUT2D eigenvalue weighted by atomic mass is 16.5. The van der Waals surface area contributed by atoms with Gasteiger partial charge in [0.05, 0.1) is 12.1 Å². The fourth-order valence-electron chi connectivity index (χ4n) is 6.20. The molecule has 2 aliphatic rings. The van der Waals surface area contributed by atoms with Crippen molar-refractivity contribution in [2.45, 2.75) is 83.0 Å². The fraction of sp³-hybridized carbons (Fsp3) is 0.500. The Hall–Kier alpha value is -3.43. The Morgan fingerprint density at radius 3 is 2.77 bits per heavy atom. The summed E-state index contributed by atoms with van der Waals surface area (Å²) in [6.45, 7) is 4.18. The Kier molecular flexibility index (Phi) is 7.78. The molecule has 204 valence electrons. The van der Waals surface area contributed by atoms with E-state index < -0.39 is 6.04 Å². The topological polar surface area (TPSA) is 102 Å². The van der Waals surface area contributed by atoms with Gasteiger partial charge in [0.2, 0.25) is 0 Å². The van der Waals surface area contributed by atoms with Gasteiger partial charge in [-0.25, -0.2) is 4.68 Å². The van der Waals surface area contributed by atoms with Crippen LogP contribution in [-0.4, -0.2) is 54.3 Å². The minimum Gasteiger partial charge on any atom is -0.377 e. The zero-order valence-electron chi connectivity index (χ0n) is 22.6. The largest absolute Gasteiger partial charge is 0.377 e. The van der Waals surface area contributed by atoms with Crippen molar-refractivity contribution in [3.05, 3.63) is 81.7 Å². The summed E-state index contributed by atoms with van der Waals surface area (Å²) in [4.78, 5) is 23.6. The van der Waals surface area contributed by atoms with Gasteiger partial charge in [0.15, 0.2) is 5.82 Å². The Bertz CT molecular complexity index is 1440. The standard InChI is InChI=1S/C30H37N7O2/c1-2-21-12-13-27-23(16-21)17-26(30(38)32-27)28(29-33-34-35-37(29)24-9-4-3-5-10-24)36(20-25-11-7-15-39-25)19-22-8-6-14-31-18-22/h6,8,12-14,16-18,24-25,28H,2-5,7,9-11,15,19-20H2,1H3,(H,32,38)/t25-,28+/m1/s1. The van der Waals surface area contributed by atoms with E-state index in [1.165, 1.54) is 24.8 Å². The van der Waals surface area contributed by atoms with Crippen LogP contribution in [0.25, 0.3) is 10.9 Å². The molecule has 2 fully saturated rings. The Balaban J connectivity index is 1.50. The number of ether oxygens (including phenoxy) is 1. The summed E-state index contributed by atoms with van der Waals surface area (Å²) >= 11 is 0. The van der Waals surface area contributed by atoms with Crippen molar-refractivity contribution in [3.8, 4) is 0 Å². The summed E-state index contributed by atoms with van der Waals surface area (Å²) in [7, 11) is 0. The molecule has 6 rings (SSSR count). The highest BCUT2D eigenvalue weighted by Gasteiger charge is 2.35. The first-order chi connectivity index (χ1) is 19.2. The summed E-state index contributed by atoms with van der Waals surface area (Å²) in [5.74, 6) is 0.722. The molecule has 1 aliphatic carbocycles. The number of nitrogens with zero attached hydrogens (tertiary/aromatic N) is 6. The normalized spacial score (nSPS) is 19.2. The van der Waals surface area contributed by atoms with Crippen LogP contribution < -0.4 is 5.56 Å². The van der Waals surface area contributed by atoms with E-state index in [1.54, 1.807) is 6.20 Å². The van der Waals surface area contributed by atoms with E-state index >= 15 is 0 Å². The molecule has 2 atom stereocenters. The number of tetrazole rings is 1. The molecule has 4 aromatic rings. The summed E-state index contributed by atoms with van der Waals surface area (Å²) in [6, 6.07) is 12.1. The SMILES string of the molecule is CCc1ccc2[nH]c(=O)c([C@@H](c3nnnn3C3CCCCC3)N(Cc3cccnc3)C[C@H]3CCCO3)cc2c1. The molecule has 3 aromatic heterocycles. The van der Waals surface area contributed by atoms with Crippen LogP contribution >= 0.6 is 0 Å². The number of benzene rings is 1. The van der Waals surface area contributed by atoms with E-state index in [-0.39, 0.29) is 17.7 Å². The van der Waals surface area contributed by atoms with Crippen molar-refractivity contribution in [1.82, 2.24) is 35.1 Å². The molecule has 1 aromatic carbocycles. The quantitative estimate of drug-likeness (QED) is 0.335. The number of pyridine rings is 2. The molecule has 1 saturated heterocycles. The third kappa shape index (κ3) is 5.65. The van der Waals surface area contributed by atoms with Gasteiger partial charge in [-0.3, -0.25) is 14.7 Å². The number of rotatable bonds is 9. The number of aromatic nitrogens is 6. The second kappa shape index (κ2) is 11.8. The lowest BCUT2D eigenvalue weighted by molar-refractivity contribution is 0.0567. The zero-order chi connectivity index (χ0) is 26.6. The number of hydrogen-bond acceptors (Lipinski definition) is 7. The zero-order valence-corrected chi connectivity index (χ0v) is 22.6. The second-order valence-corrected chi connectivity index (χ2v) is 10.9. The van der Waals surface area contributed by atoms with Crippen LogP contribution in [0.5, 0.6) is 0 Å². The molecule has 0 unspecified atom stereocenters. The summed E-state index contributed by atoms with van der Waals surface area (Å²) in [5.41, 5.74) is 3.69. The molecule has 1 N–H and O–H groups in total. The van der Waals surface area contributed by atoms with Crippen LogP contribution in [0.3, 0.4) is 0 Å². The molecule has 0 bridgehead atoms. The van der Waals surface area contributed by atoms with E-state index in [2.05, 4.69) is 55.5 Å². The lowest BCUT2D eigenvalue weighted by atomic mass is 9.95. The minimum atomic E-state index is -0.440. The van der Waals surface area contributed by atoms with Crippen molar-refractivity contribution in [2.75, 3.05) is 13.2 Å². The van der Waals surface area contributed by atoms with E-state index in [9.17, 15) is 4.79 Å². The van der Waals surface area contributed by atoms with Crippen LogP contribution in [0.2, 0.25) is 0 Å². The molecule has 1 aliphatic heterocycles. The predicted molar refractivity (Wildman–Crippen MR) is 149 cm³/mol. The molecule has 9 nitrogen and oxygen atoms in total. The van der Waals surface area contributed by atoms with Gasteiger partial charge in [-0.1, -0.05) is 38.3 Å². The highest BCUT2D eigenvalue weighted by molar-refractivity contribution is 5.80. The maximum Gasteiger partial charge on any atom is 0.253 e. The number of fused-ring (bicyclic) bond motifs is 1. The van der Waals surface area contributed by atoms with Crippen LogP contribution in [0.4, 0.5) is 0 Å². The fourth-order valence-corrected chi connectivity index (χ4v) is 6.20. The third-order valence-corrected chi connectivity index (χ3v) is 8.26. The first kappa shape index (κ1) is 25.8. The van der Waals surface area contributed by atoms with E-state index in [1.807, 2.05) is 29.1 Å². The highest BCUT2D eigenvalue weighted by Crippen LogP contribution is 2.34. The molecule has 0 amide bonds. The average Bonchev–Trinajstić information content (AvgIpc) is 3.67. The van der Waals surface area contributed by atoms with Crippen LogP contribution in [0, 0.1) is 0 Å². The van der Waals surface area contributed by atoms with Crippen LogP contribution in [0.1, 0.15) is 86.5 Å². The molecular formula is C30H37N7O2. The minimum absolute atomic E-state index is 0.0921. The van der Waals surface area contributed by atoms with E-state index in [4.69, 9.17) is 4.74 Å². The number of nitrogens with one attached hydrogen (secondary N) is 1. The monoisotopic (exact) mass is 527 g/mol. The van der Waals surface area contributed by atoms with E-state index in [0.29, 0.717) is 18.7 Å². The Labute approximate surface area is 228 Å².